The van der Waals surface area contributed by atoms with Crippen molar-refractivity contribution in [2.24, 2.45) is 0 Å². The molecule has 2 rings (SSSR count). The Hall–Kier alpha value is -1.95. The summed E-state index contributed by atoms with van der Waals surface area (Å²) < 4.78 is 3.63. The summed E-state index contributed by atoms with van der Waals surface area (Å²) in [4.78, 5) is 11.7. The zero-order chi connectivity index (χ0) is 11.5. The molecular weight excluding hydrogens is 224 g/mol. The van der Waals surface area contributed by atoms with Crippen LogP contribution in [0.2, 0.25) is 0 Å². The summed E-state index contributed by atoms with van der Waals surface area (Å²) in [6, 6.07) is 5.35. The first-order chi connectivity index (χ1) is 7.66. The molecule has 1 heterocycles. The van der Waals surface area contributed by atoms with Crippen molar-refractivity contribution >= 4 is 28.8 Å². The van der Waals surface area contributed by atoms with Crippen LogP contribution < -0.4 is 11.1 Å². The van der Waals surface area contributed by atoms with Crippen molar-refractivity contribution in [1.29, 1.82) is 0 Å². The summed E-state index contributed by atoms with van der Waals surface area (Å²) in [6.45, 7) is 1.90. The fourth-order valence-electron chi connectivity index (χ4n) is 1.22. The molecule has 3 N–H and O–H groups in total. The van der Waals surface area contributed by atoms with Crippen LogP contribution in [0.5, 0.6) is 0 Å². The third kappa shape index (κ3) is 2.17. The van der Waals surface area contributed by atoms with Crippen LogP contribution in [-0.4, -0.2) is 15.5 Å². The number of hydrogen-bond acceptors (Lipinski definition) is 5. The number of carbonyl (C=O) groups is 1. The molecule has 2 aromatic rings. The molecule has 16 heavy (non-hydrogen) atoms. The SMILES string of the molecule is Cc1ccc(N)cc1NC(=O)c1csnn1. The number of amides is 1. The highest BCUT2D eigenvalue weighted by atomic mass is 32.1. The van der Waals surface area contributed by atoms with Crippen molar-refractivity contribution in [1.82, 2.24) is 9.59 Å². The van der Waals surface area contributed by atoms with E-state index in [2.05, 4.69) is 14.9 Å². The van der Waals surface area contributed by atoms with Crippen LogP contribution in [0.1, 0.15) is 16.1 Å². The number of aromatic nitrogens is 2. The molecule has 0 atom stereocenters. The van der Waals surface area contributed by atoms with Gasteiger partial charge in [-0.15, -0.1) is 5.10 Å². The van der Waals surface area contributed by atoms with Gasteiger partial charge in [0, 0.05) is 16.8 Å². The molecule has 0 bridgehead atoms. The number of nitrogens with two attached hydrogens (primary N) is 1. The number of hydrogen-bond donors (Lipinski definition) is 2. The second kappa shape index (κ2) is 4.28. The van der Waals surface area contributed by atoms with E-state index in [9.17, 15) is 4.79 Å². The van der Waals surface area contributed by atoms with Gasteiger partial charge in [-0.25, -0.2) is 0 Å². The van der Waals surface area contributed by atoms with Crippen LogP contribution in [-0.2, 0) is 0 Å². The third-order valence-corrected chi connectivity index (χ3v) is 2.61. The first-order valence-electron chi connectivity index (χ1n) is 4.61. The van der Waals surface area contributed by atoms with E-state index in [0.717, 1.165) is 17.1 Å². The molecule has 0 spiro atoms. The molecule has 5 nitrogen and oxygen atoms in total. The van der Waals surface area contributed by atoms with Crippen LogP contribution >= 0.6 is 11.5 Å². The van der Waals surface area contributed by atoms with Crippen LogP contribution in [0.25, 0.3) is 0 Å². The van der Waals surface area contributed by atoms with Gasteiger partial charge in [0.15, 0.2) is 5.69 Å². The van der Waals surface area contributed by atoms with E-state index in [0.29, 0.717) is 17.1 Å². The average Bonchev–Trinajstić information content (AvgIpc) is 2.76. The van der Waals surface area contributed by atoms with Crippen molar-refractivity contribution in [3.05, 3.63) is 34.8 Å². The van der Waals surface area contributed by atoms with Gasteiger partial charge in [0.1, 0.15) is 0 Å². The minimum absolute atomic E-state index is 0.276. The minimum Gasteiger partial charge on any atom is -0.399 e. The lowest BCUT2D eigenvalue weighted by Gasteiger charge is -2.07. The van der Waals surface area contributed by atoms with E-state index in [4.69, 9.17) is 5.73 Å². The highest BCUT2D eigenvalue weighted by molar-refractivity contribution is 7.03. The van der Waals surface area contributed by atoms with Crippen molar-refractivity contribution in [3.8, 4) is 0 Å². The summed E-state index contributed by atoms with van der Waals surface area (Å²) in [5.74, 6) is -0.276. The van der Waals surface area contributed by atoms with Gasteiger partial charge < -0.3 is 11.1 Å². The van der Waals surface area contributed by atoms with Gasteiger partial charge in [-0.05, 0) is 36.2 Å². The van der Waals surface area contributed by atoms with Gasteiger partial charge in [-0.3, -0.25) is 4.79 Å². The van der Waals surface area contributed by atoms with E-state index >= 15 is 0 Å². The Morgan fingerprint density at radius 2 is 2.31 bits per heavy atom. The molecule has 1 amide bonds. The van der Waals surface area contributed by atoms with E-state index in [-0.39, 0.29) is 5.91 Å². The molecule has 1 aromatic heterocycles. The molecule has 82 valence electrons. The van der Waals surface area contributed by atoms with Crippen molar-refractivity contribution in [2.45, 2.75) is 6.92 Å². The summed E-state index contributed by atoms with van der Waals surface area (Å²) in [7, 11) is 0. The van der Waals surface area contributed by atoms with E-state index in [1.54, 1.807) is 17.5 Å². The number of nitrogens with one attached hydrogen (secondary N) is 1. The van der Waals surface area contributed by atoms with Gasteiger partial charge in [-0.1, -0.05) is 10.6 Å². The highest BCUT2D eigenvalue weighted by Crippen LogP contribution is 2.18. The molecule has 0 fully saturated rings. The summed E-state index contributed by atoms with van der Waals surface area (Å²) >= 11 is 1.14. The minimum atomic E-state index is -0.276. The fourth-order valence-corrected chi connectivity index (χ4v) is 1.66. The second-order valence-corrected chi connectivity index (χ2v) is 3.93. The van der Waals surface area contributed by atoms with Gasteiger partial charge in [0.2, 0.25) is 0 Å². The lowest BCUT2D eigenvalue weighted by molar-refractivity contribution is 0.102. The van der Waals surface area contributed by atoms with Crippen molar-refractivity contribution in [3.63, 3.8) is 0 Å². The molecule has 0 aliphatic heterocycles. The monoisotopic (exact) mass is 234 g/mol. The zero-order valence-electron chi connectivity index (χ0n) is 8.60. The summed E-state index contributed by atoms with van der Waals surface area (Å²) in [5.41, 5.74) is 8.21. The Labute approximate surface area is 96.5 Å². The maximum absolute atomic E-state index is 11.7. The Morgan fingerprint density at radius 3 is 3.00 bits per heavy atom. The lowest BCUT2D eigenvalue weighted by Crippen LogP contribution is -2.13. The Balaban J connectivity index is 2.21. The molecule has 6 heteroatoms. The maximum atomic E-state index is 11.7. The molecule has 0 unspecified atom stereocenters. The number of carbonyl (C=O) groups excluding carboxylic acids is 1. The molecule has 0 aliphatic rings. The van der Waals surface area contributed by atoms with E-state index in [1.807, 2.05) is 13.0 Å². The molecule has 0 saturated heterocycles. The topological polar surface area (TPSA) is 80.9 Å². The van der Waals surface area contributed by atoms with Gasteiger partial charge in [-0.2, -0.15) is 0 Å². The van der Waals surface area contributed by atoms with E-state index < -0.39 is 0 Å². The van der Waals surface area contributed by atoms with Crippen molar-refractivity contribution < 1.29 is 4.79 Å². The van der Waals surface area contributed by atoms with Crippen LogP contribution in [0.3, 0.4) is 0 Å². The molecule has 0 aliphatic carbocycles. The maximum Gasteiger partial charge on any atom is 0.277 e. The predicted octanol–water partition coefficient (Wildman–Crippen LogP) is 1.68. The molecule has 0 saturated carbocycles. The Bertz CT molecular complexity index is 510. The molecule has 1 aromatic carbocycles. The first kappa shape index (κ1) is 10.6. The number of rotatable bonds is 2. The van der Waals surface area contributed by atoms with Crippen LogP contribution in [0.4, 0.5) is 11.4 Å². The highest BCUT2D eigenvalue weighted by Gasteiger charge is 2.10. The van der Waals surface area contributed by atoms with Crippen LogP contribution in [0, 0.1) is 6.92 Å². The summed E-state index contributed by atoms with van der Waals surface area (Å²) in [6.07, 6.45) is 0. The largest absolute Gasteiger partial charge is 0.399 e. The number of aryl methyl sites for hydroxylation is 1. The van der Waals surface area contributed by atoms with Crippen LogP contribution in [0.15, 0.2) is 23.6 Å². The third-order valence-electron chi connectivity index (χ3n) is 2.10. The second-order valence-electron chi connectivity index (χ2n) is 3.32. The number of nitrogen functional groups attached to an aromatic ring is 1. The smallest absolute Gasteiger partial charge is 0.277 e. The van der Waals surface area contributed by atoms with Gasteiger partial charge in [0.05, 0.1) is 0 Å². The lowest BCUT2D eigenvalue weighted by atomic mass is 10.2. The number of nitrogens with zero attached hydrogens (tertiary/aromatic N) is 2. The molecule has 0 radical (unpaired) electrons. The zero-order valence-corrected chi connectivity index (χ0v) is 9.41. The fraction of sp³-hybridized carbons (Fsp3) is 0.100. The van der Waals surface area contributed by atoms with Crippen molar-refractivity contribution in [2.75, 3.05) is 11.1 Å². The number of benzene rings is 1. The molecular formula is C10H10N4OS. The normalized spacial score (nSPS) is 10.1. The standard InChI is InChI=1S/C10H10N4OS/c1-6-2-3-7(11)4-8(6)12-10(15)9-5-16-14-13-9/h2-5H,11H2,1H3,(H,12,15). The summed E-state index contributed by atoms with van der Waals surface area (Å²) in [5, 5.41) is 8.02. The van der Waals surface area contributed by atoms with Gasteiger partial charge >= 0.3 is 0 Å². The first-order valence-corrected chi connectivity index (χ1v) is 5.45. The Kier molecular flexibility index (Phi) is 2.82. The number of anilines is 2. The van der Waals surface area contributed by atoms with Gasteiger partial charge in [0.25, 0.3) is 5.91 Å². The van der Waals surface area contributed by atoms with E-state index in [1.165, 1.54) is 0 Å². The predicted molar refractivity (Wildman–Crippen MR) is 63.5 cm³/mol. The quantitative estimate of drug-likeness (QED) is 0.775. The Morgan fingerprint density at radius 1 is 1.50 bits per heavy atom. The average molecular weight is 234 g/mol.